The van der Waals surface area contributed by atoms with Gasteiger partial charge in [0, 0.05) is 12.6 Å². The summed E-state index contributed by atoms with van der Waals surface area (Å²) >= 11 is 4.56. The number of rotatable bonds is 6. The Hall–Kier alpha value is -1.86. The number of ether oxygens (including phenoxy) is 1. The molecule has 1 aromatic carbocycles. The van der Waals surface area contributed by atoms with Crippen LogP contribution in [-0.4, -0.2) is 35.0 Å². The quantitative estimate of drug-likeness (QED) is 0.807. The van der Waals surface area contributed by atoms with Gasteiger partial charge in [0.05, 0.1) is 12.0 Å². The molecule has 0 radical (unpaired) electrons. The maximum absolute atomic E-state index is 12.8. The van der Waals surface area contributed by atoms with E-state index in [1.54, 1.807) is 6.07 Å². The van der Waals surface area contributed by atoms with Crippen molar-refractivity contribution in [1.29, 1.82) is 0 Å². The molecule has 0 aliphatic rings. The van der Waals surface area contributed by atoms with E-state index in [2.05, 4.69) is 15.9 Å². The molecule has 0 saturated carbocycles. The van der Waals surface area contributed by atoms with Crippen molar-refractivity contribution in [3.05, 3.63) is 50.6 Å². The second-order valence-corrected chi connectivity index (χ2v) is 7.26. The van der Waals surface area contributed by atoms with E-state index < -0.39 is 12.0 Å². The Kier molecular flexibility index (Phi) is 5.79. The molecule has 23 heavy (non-hydrogen) atoms. The summed E-state index contributed by atoms with van der Waals surface area (Å²) in [6.45, 7) is 1.73. The van der Waals surface area contributed by atoms with Gasteiger partial charge >= 0.3 is 5.97 Å². The van der Waals surface area contributed by atoms with Crippen LogP contribution in [0.1, 0.15) is 22.2 Å². The van der Waals surface area contributed by atoms with Crippen LogP contribution in [0.4, 0.5) is 0 Å². The predicted octanol–water partition coefficient (Wildman–Crippen LogP) is 3.63. The molecule has 0 bridgehead atoms. The Morgan fingerprint density at radius 1 is 1.35 bits per heavy atom. The second kappa shape index (κ2) is 7.61. The summed E-state index contributed by atoms with van der Waals surface area (Å²) in [5.74, 6) is -0.824. The average Bonchev–Trinajstić information content (AvgIpc) is 2.93. The van der Waals surface area contributed by atoms with Crippen molar-refractivity contribution in [3.8, 4) is 5.75 Å². The van der Waals surface area contributed by atoms with E-state index in [-0.39, 0.29) is 12.5 Å². The van der Waals surface area contributed by atoms with Gasteiger partial charge < -0.3 is 14.7 Å². The van der Waals surface area contributed by atoms with Gasteiger partial charge in [-0.1, -0.05) is 30.3 Å². The highest BCUT2D eigenvalue weighted by Gasteiger charge is 2.28. The van der Waals surface area contributed by atoms with Gasteiger partial charge in [0.1, 0.15) is 15.6 Å². The first kappa shape index (κ1) is 17.5. The fraction of sp³-hybridized carbons (Fsp3) is 0.250. The van der Waals surface area contributed by atoms with Crippen LogP contribution < -0.4 is 4.74 Å². The maximum Gasteiger partial charge on any atom is 0.326 e. The van der Waals surface area contributed by atoms with E-state index in [1.165, 1.54) is 30.3 Å². The smallest absolute Gasteiger partial charge is 0.326 e. The molecule has 2 rings (SSSR count). The number of halogens is 1. The lowest BCUT2D eigenvalue weighted by molar-refractivity contribution is -0.141. The lowest BCUT2D eigenvalue weighted by Gasteiger charge is -2.26. The van der Waals surface area contributed by atoms with Crippen LogP contribution in [0.3, 0.4) is 0 Å². The van der Waals surface area contributed by atoms with Crippen molar-refractivity contribution in [2.75, 3.05) is 7.11 Å². The number of carbonyl (C=O) groups excluding carboxylic acids is 1. The molecule has 1 heterocycles. The number of hydrogen-bond donors (Lipinski definition) is 1. The summed E-state index contributed by atoms with van der Waals surface area (Å²) in [7, 11) is 1.52. The number of carbonyl (C=O) groups is 2. The molecule has 0 aliphatic carbocycles. The molecule has 7 heteroatoms. The zero-order valence-corrected chi connectivity index (χ0v) is 15.1. The Labute approximate surface area is 146 Å². The fourth-order valence-corrected chi connectivity index (χ4v) is 3.64. The van der Waals surface area contributed by atoms with E-state index in [1.807, 2.05) is 30.3 Å². The lowest BCUT2D eigenvalue weighted by Crippen LogP contribution is -2.42. The number of carboxylic acid groups (broad SMARTS) is 1. The van der Waals surface area contributed by atoms with Crippen molar-refractivity contribution in [1.82, 2.24) is 4.90 Å². The highest BCUT2D eigenvalue weighted by molar-refractivity contribution is 9.11. The van der Waals surface area contributed by atoms with Gasteiger partial charge in [-0.25, -0.2) is 4.79 Å². The third kappa shape index (κ3) is 4.11. The Morgan fingerprint density at radius 2 is 2.00 bits per heavy atom. The minimum absolute atomic E-state index is 0.227. The lowest BCUT2D eigenvalue weighted by atomic mass is 10.1. The van der Waals surface area contributed by atoms with Gasteiger partial charge in [0.2, 0.25) is 0 Å². The Balaban J connectivity index is 2.32. The maximum atomic E-state index is 12.8. The van der Waals surface area contributed by atoms with Gasteiger partial charge in [0.25, 0.3) is 5.91 Å². The van der Waals surface area contributed by atoms with E-state index in [0.29, 0.717) is 14.4 Å². The minimum atomic E-state index is -1.04. The van der Waals surface area contributed by atoms with Crippen molar-refractivity contribution in [3.63, 3.8) is 0 Å². The molecular weight excluding hydrogens is 382 g/mol. The van der Waals surface area contributed by atoms with E-state index >= 15 is 0 Å². The molecule has 1 aromatic heterocycles. The molecule has 1 amide bonds. The Morgan fingerprint density at radius 3 is 2.52 bits per heavy atom. The first-order valence-corrected chi connectivity index (χ1v) is 8.46. The van der Waals surface area contributed by atoms with E-state index in [4.69, 9.17) is 4.74 Å². The zero-order chi connectivity index (χ0) is 17.0. The first-order chi connectivity index (χ1) is 10.9. The molecule has 0 saturated heterocycles. The van der Waals surface area contributed by atoms with Crippen molar-refractivity contribution in [2.45, 2.75) is 19.5 Å². The van der Waals surface area contributed by atoms with Gasteiger partial charge in [-0.05, 0) is 28.4 Å². The third-order valence-corrected chi connectivity index (χ3v) is 5.14. The predicted molar refractivity (Wildman–Crippen MR) is 92.0 cm³/mol. The van der Waals surface area contributed by atoms with Crippen LogP contribution >= 0.6 is 27.3 Å². The highest BCUT2D eigenvalue weighted by Crippen LogP contribution is 2.35. The van der Waals surface area contributed by atoms with E-state index in [9.17, 15) is 14.7 Å². The molecule has 1 atom stereocenters. The average molecular weight is 398 g/mol. The molecule has 122 valence electrons. The molecule has 2 aromatic rings. The van der Waals surface area contributed by atoms with Gasteiger partial charge in [0.15, 0.2) is 0 Å². The van der Waals surface area contributed by atoms with Gasteiger partial charge in [-0.3, -0.25) is 4.79 Å². The molecule has 0 spiro atoms. The van der Waals surface area contributed by atoms with Crippen molar-refractivity contribution >= 4 is 39.1 Å². The summed E-state index contributed by atoms with van der Waals surface area (Å²) in [5, 5.41) is 9.31. The monoisotopic (exact) mass is 397 g/mol. The number of thiophene rings is 1. The Bertz CT molecular complexity index is 701. The van der Waals surface area contributed by atoms with Crippen LogP contribution in [0.5, 0.6) is 5.75 Å². The molecule has 1 N–H and O–H groups in total. The summed E-state index contributed by atoms with van der Waals surface area (Å²) in [6, 6.07) is 9.98. The number of aliphatic carboxylic acids is 1. The number of nitrogens with zero attached hydrogens (tertiary/aromatic N) is 1. The molecular formula is C16H16BrNO4S. The first-order valence-electron chi connectivity index (χ1n) is 6.85. The minimum Gasteiger partial charge on any atom is -0.495 e. The standard InChI is InChI=1S/C16H16BrNO4S/c1-10(16(20)21)18(9-11-6-4-3-5-7-11)15(19)13-8-12(22-2)14(17)23-13/h3-8,10H,9H2,1-2H3,(H,20,21). The number of carboxylic acids is 1. The van der Waals surface area contributed by atoms with Gasteiger partial charge in [-0.15, -0.1) is 11.3 Å². The van der Waals surface area contributed by atoms with Crippen LogP contribution in [0.2, 0.25) is 0 Å². The van der Waals surface area contributed by atoms with E-state index in [0.717, 1.165) is 5.56 Å². The summed E-state index contributed by atoms with van der Waals surface area (Å²) in [6.07, 6.45) is 0. The van der Waals surface area contributed by atoms with Crippen LogP contribution in [-0.2, 0) is 11.3 Å². The number of hydrogen-bond acceptors (Lipinski definition) is 4. The van der Waals surface area contributed by atoms with Gasteiger partial charge in [-0.2, -0.15) is 0 Å². The van der Waals surface area contributed by atoms with Crippen LogP contribution in [0, 0.1) is 0 Å². The highest BCUT2D eigenvalue weighted by atomic mass is 79.9. The third-order valence-electron chi connectivity index (χ3n) is 3.37. The molecule has 0 aliphatic heterocycles. The zero-order valence-electron chi connectivity index (χ0n) is 12.7. The molecule has 0 fully saturated rings. The topological polar surface area (TPSA) is 66.8 Å². The summed E-state index contributed by atoms with van der Waals surface area (Å²) in [5.41, 5.74) is 0.872. The normalized spacial score (nSPS) is 11.8. The number of methoxy groups -OCH3 is 1. The largest absolute Gasteiger partial charge is 0.495 e. The van der Waals surface area contributed by atoms with Crippen LogP contribution in [0.15, 0.2) is 40.2 Å². The van der Waals surface area contributed by atoms with Crippen molar-refractivity contribution < 1.29 is 19.4 Å². The van der Waals surface area contributed by atoms with Crippen molar-refractivity contribution in [2.24, 2.45) is 0 Å². The summed E-state index contributed by atoms with van der Waals surface area (Å²) < 4.78 is 5.86. The SMILES string of the molecule is COc1cc(C(=O)N(Cc2ccccc2)C(C)C(=O)O)sc1Br. The van der Waals surface area contributed by atoms with Crippen LogP contribution in [0.25, 0.3) is 0 Å². The molecule has 5 nitrogen and oxygen atoms in total. The second-order valence-electron chi connectivity index (χ2n) is 4.89. The summed E-state index contributed by atoms with van der Waals surface area (Å²) in [4.78, 5) is 25.9. The fourth-order valence-electron chi connectivity index (χ4n) is 2.04. The molecule has 1 unspecified atom stereocenters. The number of amides is 1. The number of benzene rings is 1.